The molecule has 6 nitrogen and oxygen atoms in total. The van der Waals surface area contributed by atoms with Gasteiger partial charge in [0.1, 0.15) is 0 Å². The third kappa shape index (κ3) is 9.16. The van der Waals surface area contributed by atoms with Crippen molar-refractivity contribution in [1.82, 2.24) is 9.80 Å². The normalized spacial score (nSPS) is 14.7. The summed E-state index contributed by atoms with van der Waals surface area (Å²) in [6, 6.07) is 23.7. The van der Waals surface area contributed by atoms with E-state index in [0.717, 1.165) is 37.4 Å². The molecule has 0 atom stereocenters. The van der Waals surface area contributed by atoms with E-state index in [0.29, 0.717) is 10.6 Å². The zero-order chi connectivity index (χ0) is 27.7. The van der Waals surface area contributed by atoms with Crippen LogP contribution in [0, 0.1) is 0 Å². The number of carbonyl (C=O) groups excluding carboxylic acids is 1. The maximum atomic E-state index is 12.4. The third-order valence-electron chi connectivity index (χ3n) is 5.98. The fraction of sp³-hybridized carbons (Fsp3) is 0.286. The zero-order valence-corrected chi connectivity index (χ0v) is 21.6. The lowest BCUT2D eigenvalue weighted by Gasteiger charge is -2.20. The van der Waals surface area contributed by atoms with Gasteiger partial charge in [0.05, 0.1) is 0 Å². The van der Waals surface area contributed by atoms with Crippen molar-refractivity contribution in [2.45, 2.75) is 19.1 Å². The summed E-state index contributed by atoms with van der Waals surface area (Å²) < 4.78 is 31.7. The van der Waals surface area contributed by atoms with Gasteiger partial charge in [-0.3, -0.25) is 9.69 Å². The topological polar surface area (TPSA) is 72.9 Å². The summed E-state index contributed by atoms with van der Waals surface area (Å²) >= 11 is 5.97. The first-order valence-electron chi connectivity index (χ1n) is 12.0. The Bertz CT molecular complexity index is 1220. The summed E-state index contributed by atoms with van der Waals surface area (Å²) in [5.74, 6) is -2.92. The number of hydrogen-bond donors (Lipinski definition) is 2. The highest BCUT2D eigenvalue weighted by molar-refractivity contribution is 6.31. The Labute approximate surface area is 224 Å². The van der Waals surface area contributed by atoms with Crippen LogP contribution in [0.25, 0.3) is 11.1 Å². The average molecular weight is 548 g/mol. The van der Waals surface area contributed by atoms with Crippen molar-refractivity contribution in [1.29, 1.82) is 0 Å². The number of benzene rings is 3. The minimum absolute atomic E-state index is 0.167. The van der Waals surface area contributed by atoms with Gasteiger partial charge in [-0.2, -0.15) is 13.2 Å². The molecular formula is C28H29ClF3N3O3. The second-order valence-electron chi connectivity index (χ2n) is 8.97. The molecule has 10 heteroatoms. The van der Waals surface area contributed by atoms with Crippen LogP contribution in [0.15, 0.2) is 72.8 Å². The van der Waals surface area contributed by atoms with Gasteiger partial charge in [0.15, 0.2) is 0 Å². The number of likely N-dealkylation sites (N-methyl/N-ethyl adjacent to an activating group) is 1. The highest BCUT2D eigenvalue weighted by Crippen LogP contribution is 2.23. The smallest absolute Gasteiger partial charge is 0.475 e. The minimum Gasteiger partial charge on any atom is -0.475 e. The number of carboxylic acids is 1. The van der Waals surface area contributed by atoms with Crippen molar-refractivity contribution in [3.05, 3.63) is 88.9 Å². The summed E-state index contributed by atoms with van der Waals surface area (Å²) in [7, 11) is 2.20. The Morgan fingerprint density at radius 1 is 0.921 bits per heavy atom. The molecule has 3 aromatic rings. The molecule has 1 heterocycles. The molecule has 0 radical (unpaired) electrons. The van der Waals surface area contributed by atoms with Gasteiger partial charge in [0.2, 0.25) is 0 Å². The summed E-state index contributed by atoms with van der Waals surface area (Å²) in [6.07, 6.45) is -3.85. The first-order chi connectivity index (χ1) is 18.0. The number of anilines is 1. The number of rotatable bonds is 5. The van der Waals surface area contributed by atoms with E-state index in [1.54, 1.807) is 24.3 Å². The van der Waals surface area contributed by atoms with Crippen LogP contribution in [0.4, 0.5) is 18.9 Å². The van der Waals surface area contributed by atoms with Crippen molar-refractivity contribution >= 4 is 29.2 Å². The fourth-order valence-electron chi connectivity index (χ4n) is 3.90. The maximum absolute atomic E-state index is 12.4. The zero-order valence-electron chi connectivity index (χ0n) is 20.8. The second kappa shape index (κ2) is 13.4. The van der Waals surface area contributed by atoms with Crippen molar-refractivity contribution in [2.24, 2.45) is 0 Å². The Morgan fingerprint density at radius 2 is 1.53 bits per heavy atom. The van der Waals surface area contributed by atoms with Gasteiger partial charge in [-0.05, 0) is 73.6 Å². The number of halogens is 4. The number of aliphatic carboxylic acids is 1. The van der Waals surface area contributed by atoms with Crippen LogP contribution >= 0.6 is 11.6 Å². The largest absolute Gasteiger partial charge is 0.490 e. The van der Waals surface area contributed by atoms with Crippen molar-refractivity contribution < 1.29 is 27.9 Å². The highest BCUT2D eigenvalue weighted by Gasteiger charge is 2.38. The number of nitrogens with zero attached hydrogens (tertiary/aromatic N) is 2. The van der Waals surface area contributed by atoms with E-state index in [1.807, 2.05) is 24.3 Å². The summed E-state index contributed by atoms with van der Waals surface area (Å²) in [6.45, 7) is 5.61. The highest BCUT2D eigenvalue weighted by atomic mass is 35.5. The van der Waals surface area contributed by atoms with E-state index in [2.05, 4.69) is 46.4 Å². The molecule has 202 valence electrons. The second-order valence-corrected chi connectivity index (χ2v) is 9.41. The number of carbonyl (C=O) groups is 2. The Balaban J connectivity index is 0.000000505. The molecule has 1 aliphatic rings. The van der Waals surface area contributed by atoms with Gasteiger partial charge < -0.3 is 15.3 Å². The van der Waals surface area contributed by atoms with Crippen molar-refractivity contribution in [3.8, 4) is 11.1 Å². The standard InChI is InChI=1S/C26H28ClN3O.C2HF3O2/c1-29-14-3-15-30(17-16-29)19-20-6-8-21(9-7-20)22-10-12-25(13-11-22)28-26(31)23-4-2-5-24(27)18-23;3-2(4,5)1(6)7/h2,4-13,18H,3,14-17,19H2,1H3,(H,28,31);(H,6,7). The molecule has 1 saturated heterocycles. The molecule has 0 unspecified atom stereocenters. The molecule has 0 bridgehead atoms. The lowest BCUT2D eigenvalue weighted by atomic mass is 10.0. The Morgan fingerprint density at radius 3 is 2.11 bits per heavy atom. The molecule has 0 saturated carbocycles. The van der Waals surface area contributed by atoms with Crippen LogP contribution in [0.5, 0.6) is 0 Å². The number of nitrogens with one attached hydrogen (secondary N) is 1. The molecule has 0 aliphatic carbocycles. The molecule has 1 amide bonds. The number of amides is 1. The molecule has 4 rings (SSSR count). The quantitative estimate of drug-likeness (QED) is 0.408. The van der Waals surface area contributed by atoms with E-state index in [-0.39, 0.29) is 5.91 Å². The summed E-state index contributed by atoms with van der Waals surface area (Å²) in [5.41, 5.74) is 4.95. The SMILES string of the molecule is CN1CCCN(Cc2ccc(-c3ccc(NC(=O)c4cccc(Cl)c4)cc3)cc2)CC1.O=C(O)C(F)(F)F. The van der Waals surface area contributed by atoms with E-state index in [1.165, 1.54) is 24.1 Å². The Kier molecular flexibility index (Phi) is 10.3. The minimum atomic E-state index is -5.08. The molecule has 0 aromatic heterocycles. The van der Waals surface area contributed by atoms with Crippen LogP contribution in [-0.4, -0.2) is 66.2 Å². The van der Waals surface area contributed by atoms with E-state index < -0.39 is 12.1 Å². The van der Waals surface area contributed by atoms with E-state index >= 15 is 0 Å². The first kappa shape index (κ1) is 29.2. The van der Waals surface area contributed by atoms with Gasteiger partial charge in [-0.25, -0.2) is 4.79 Å². The molecule has 3 aromatic carbocycles. The van der Waals surface area contributed by atoms with E-state index in [9.17, 15) is 18.0 Å². The number of alkyl halides is 3. The molecule has 1 aliphatic heterocycles. The monoisotopic (exact) mass is 547 g/mol. The van der Waals surface area contributed by atoms with Crippen LogP contribution in [0.1, 0.15) is 22.3 Å². The Hall–Kier alpha value is -3.40. The molecule has 2 N–H and O–H groups in total. The van der Waals surface area contributed by atoms with Crippen molar-refractivity contribution in [3.63, 3.8) is 0 Å². The van der Waals surface area contributed by atoms with Crippen molar-refractivity contribution in [2.75, 3.05) is 38.5 Å². The number of hydrogen-bond acceptors (Lipinski definition) is 4. The predicted octanol–water partition coefficient (Wildman–Crippen LogP) is 6.03. The molecule has 0 spiro atoms. The van der Waals surface area contributed by atoms with Crippen LogP contribution in [-0.2, 0) is 11.3 Å². The lowest BCUT2D eigenvalue weighted by molar-refractivity contribution is -0.192. The molecule has 38 heavy (non-hydrogen) atoms. The predicted molar refractivity (Wildman–Crippen MR) is 142 cm³/mol. The van der Waals surface area contributed by atoms with Gasteiger partial charge >= 0.3 is 12.1 Å². The summed E-state index contributed by atoms with van der Waals surface area (Å²) in [5, 5.41) is 10.6. The molecule has 1 fully saturated rings. The third-order valence-corrected chi connectivity index (χ3v) is 6.21. The number of carboxylic acid groups (broad SMARTS) is 1. The lowest BCUT2D eigenvalue weighted by Crippen LogP contribution is -2.28. The van der Waals surface area contributed by atoms with Gasteiger partial charge in [0.25, 0.3) is 5.91 Å². The fourth-order valence-corrected chi connectivity index (χ4v) is 4.09. The first-order valence-corrected chi connectivity index (χ1v) is 12.4. The van der Waals surface area contributed by atoms with Crippen LogP contribution in [0.2, 0.25) is 5.02 Å². The average Bonchev–Trinajstić information content (AvgIpc) is 3.08. The summed E-state index contributed by atoms with van der Waals surface area (Å²) in [4.78, 5) is 26.2. The van der Waals surface area contributed by atoms with Gasteiger partial charge in [-0.15, -0.1) is 0 Å². The van der Waals surface area contributed by atoms with E-state index in [4.69, 9.17) is 21.5 Å². The van der Waals surface area contributed by atoms with Crippen LogP contribution in [0.3, 0.4) is 0 Å². The van der Waals surface area contributed by atoms with Gasteiger partial charge in [-0.1, -0.05) is 54.1 Å². The van der Waals surface area contributed by atoms with Crippen LogP contribution < -0.4 is 5.32 Å². The molecular weight excluding hydrogens is 519 g/mol. The maximum Gasteiger partial charge on any atom is 0.490 e. The van der Waals surface area contributed by atoms with Gasteiger partial charge in [0, 0.05) is 35.9 Å².